The minimum Gasteiger partial charge on any atom is -0.327 e. The van der Waals surface area contributed by atoms with Crippen molar-refractivity contribution in [3.8, 4) is 0 Å². The van der Waals surface area contributed by atoms with E-state index < -0.39 is 0 Å². The molecule has 61 heavy (non-hydrogen) atoms. The first kappa shape index (κ1) is 46.3. The number of pyridine rings is 4. The third-order valence-corrected chi connectivity index (χ3v) is 11.2. The van der Waals surface area contributed by atoms with E-state index in [1.54, 1.807) is 12.4 Å². The lowest BCUT2D eigenvalue weighted by molar-refractivity contribution is 0.563. The fourth-order valence-electron chi connectivity index (χ4n) is 6.76. The maximum Gasteiger partial charge on any atom is 0.177 e. The molecule has 0 bridgehead atoms. The number of aromatic nitrogens is 7. The van der Waals surface area contributed by atoms with Crippen molar-refractivity contribution in [2.45, 2.75) is 118 Å². The van der Waals surface area contributed by atoms with Crippen LogP contribution in [0.1, 0.15) is 124 Å². The molecule has 8 heteroatoms. The van der Waals surface area contributed by atoms with Crippen LogP contribution in [0.15, 0.2) is 146 Å². The molecule has 0 radical (unpaired) electrons. The topological polar surface area (TPSA) is 73.8 Å². The second-order valence-electron chi connectivity index (χ2n) is 18.9. The van der Waals surface area contributed by atoms with Crippen molar-refractivity contribution in [2.75, 3.05) is 0 Å². The summed E-state index contributed by atoms with van der Waals surface area (Å²) in [5.41, 5.74) is 8.87. The molecule has 0 aliphatic carbocycles. The Hall–Kier alpha value is -5.73. The second-order valence-corrected chi connectivity index (χ2v) is 19.8. The third kappa shape index (κ3) is 12.4. The fourth-order valence-corrected chi connectivity index (χ4v) is 7.95. The van der Waals surface area contributed by atoms with Crippen LogP contribution in [0.3, 0.4) is 0 Å². The van der Waals surface area contributed by atoms with Gasteiger partial charge in [0.15, 0.2) is 5.65 Å². The molecule has 0 unspecified atom stereocenters. The minimum absolute atomic E-state index is 0.154. The van der Waals surface area contributed by atoms with Crippen molar-refractivity contribution in [1.29, 1.82) is 0 Å². The number of fused-ring (bicyclic) bond motifs is 4. The van der Waals surface area contributed by atoms with Crippen molar-refractivity contribution in [3.05, 3.63) is 168 Å². The summed E-state index contributed by atoms with van der Waals surface area (Å²) in [6, 6.07) is 31.6. The van der Waals surface area contributed by atoms with Gasteiger partial charge in [-0.05, 0) is 99.8 Å². The number of imidazole rings is 2. The Morgan fingerprint density at radius 3 is 1.87 bits per heavy atom. The summed E-state index contributed by atoms with van der Waals surface area (Å²) < 4.78 is 5.65. The third-order valence-electron chi connectivity index (χ3n) is 10.2. The fraction of sp³-hybridized carbons (Fsp3) is 0.340. The lowest BCUT2D eigenvalue weighted by Gasteiger charge is -2.20. The molecule has 0 atom stereocenters. The molecule has 7 heterocycles. The SMILES string of the molecule is CC(C)(C)c1cnc2ccccn12.CC(C)(C)c1cncc2ccccc12.CC(C)(C)c1csc2ccccc12.CC(C)c1cccnc1.CC(C)n1cnc2ncccc21. The van der Waals surface area contributed by atoms with E-state index in [2.05, 4.69) is 190 Å². The minimum atomic E-state index is 0.154. The largest absolute Gasteiger partial charge is 0.327 e. The van der Waals surface area contributed by atoms with Crippen LogP contribution in [0.2, 0.25) is 0 Å². The van der Waals surface area contributed by atoms with Gasteiger partial charge in [0.2, 0.25) is 0 Å². The summed E-state index contributed by atoms with van der Waals surface area (Å²) in [5.74, 6) is 0.596. The summed E-state index contributed by atoms with van der Waals surface area (Å²) >= 11 is 1.84. The smallest absolute Gasteiger partial charge is 0.177 e. The Morgan fingerprint density at radius 1 is 0.557 bits per heavy atom. The summed E-state index contributed by atoms with van der Waals surface area (Å²) in [4.78, 5) is 21.0. The van der Waals surface area contributed by atoms with E-state index >= 15 is 0 Å². The van der Waals surface area contributed by atoms with Gasteiger partial charge in [-0.2, -0.15) is 0 Å². The summed E-state index contributed by atoms with van der Waals surface area (Å²) in [7, 11) is 0. The molecule has 2 aromatic carbocycles. The van der Waals surface area contributed by atoms with Gasteiger partial charge in [0.1, 0.15) is 5.65 Å². The zero-order valence-corrected chi connectivity index (χ0v) is 39.4. The first-order valence-corrected chi connectivity index (χ1v) is 22.1. The van der Waals surface area contributed by atoms with E-state index in [4.69, 9.17) is 0 Å². The number of hydrogen-bond acceptors (Lipinski definition) is 6. The Morgan fingerprint density at radius 2 is 1.23 bits per heavy atom. The molecule has 7 nitrogen and oxygen atoms in total. The Bertz CT molecular complexity index is 2630. The average molecular weight is 832 g/mol. The lowest BCUT2D eigenvalue weighted by atomic mass is 9.85. The van der Waals surface area contributed by atoms with Gasteiger partial charge in [-0.1, -0.05) is 131 Å². The standard InChI is InChI=1S/C13H15N.C12H14S.C11H14N2.C9H11N3.C8H11N/c1-13(2,3)12-9-14-8-10-6-4-5-7-11(10)12;1-12(2,3)10-8-13-11-7-5-4-6-9(10)11;1-11(2,3)9-8-12-10-6-4-5-7-13(9)10;1-7(2)12-6-11-9-8(12)4-3-5-10-9;1-7(2)8-4-3-5-9-6-8/h4-9H,1-3H3;2*4-8H,1-3H3;3-7H,1-2H3;3-7H,1-2H3. The molecule has 0 spiro atoms. The van der Waals surface area contributed by atoms with Gasteiger partial charge in [-0.3, -0.25) is 9.97 Å². The molecule has 0 fully saturated rings. The maximum absolute atomic E-state index is 4.35. The van der Waals surface area contributed by atoms with E-state index in [0.29, 0.717) is 12.0 Å². The van der Waals surface area contributed by atoms with E-state index in [9.17, 15) is 0 Å². The first-order valence-electron chi connectivity index (χ1n) is 21.3. The van der Waals surface area contributed by atoms with Gasteiger partial charge in [0.25, 0.3) is 0 Å². The summed E-state index contributed by atoms with van der Waals surface area (Å²) in [5, 5.41) is 6.24. The highest BCUT2D eigenvalue weighted by Crippen LogP contribution is 2.34. The Labute approximate surface area is 368 Å². The van der Waals surface area contributed by atoms with Crippen molar-refractivity contribution in [1.82, 2.24) is 33.9 Å². The van der Waals surface area contributed by atoms with Crippen LogP contribution in [0.25, 0.3) is 37.7 Å². The van der Waals surface area contributed by atoms with Gasteiger partial charge in [-0.15, -0.1) is 11.3 Å². The van der Waals surface area contributed by atoms with Gasteiger partial charge in [-0.25, -0.2) is 15.0 Å². The highest BCUT2D eigenvalue weighted by Gasteiger charge is 2.19. The monoisotopic (exact) mass is 832 g/mol. The molecular weight excluding hydrogens is 767 g/mol. The number of rotatable bonds is 2. The van der Waals surface area contributed by atoms with Crippen molar-refractivity contribution in [3.63, 3.8) is 0 Å². The predicted octanol–water partition coefficient (Wildman–Crippen LogP) is 14.6. The molecule has 9 rings (SSSR count). The molecule has 0 saturated carbocycles. The van der Waals surface area contributed by atoms with Crippen LogP contribution in [0.4, 0.5) is 0 Å². The van der Waals surface area contributed by atoms with E-state index in [0.717, 1.165) is 16.8 Å². The Balaban J connectivity index is 0.000000145. The van der Waals surface area contributed by atoms with Crippen LogP contribution in [-0.2, 0) is 16.2 Å². The Kier molecular flexibility index (Phi) is 15.4. The van der Waals surface area contributed by atoms with Crippen LogP contribution >= 0.6 is 11.3 Å². The molecule has 0 aliphatic heterocycles. The van der Waals surface area contributed by atoms with Crippen molar-refractivity contribution < 1.29 is 0 Å². The molecule has 0 aliphatic rings. The molecule has 318 valence electrons. The highest BCUT2D eigenvalue weighted by atomic mass is 32.1. The average Bonchev–Trinajstić information content (AvgIpc) is 3.99. The normalized spacial score (nSPS) is 11.7. The van der Waals surface area contributed by atoms with E-state index in [1.165, 1.54) is 43.2 Å². The summed E-state index contributed by atoms with van der Waals surface area (Å²) in [6.45, 7) is 28.6. The zero-order chi connectivity index (χ0) is 44.4. The van der Waals surface area contributed by atoms with E-state index in [-0.39, 0.29) is 16.2 Å². The lowest BCUT2D eigenvalue weighted by Crippen LogP contribution is -2.13. The number of benzene rings is 2. The van der Waals surface area contributed by atoms with Gasteiger partial charge in [0.05, 0.1) is 11.8 Å². The van der Waals surface area contributed by atoms with Crippen LogP contribution in [0, 0.1) is 0 Å². The van der Waals surface area contributed by atoms with Crippen LogP contribution in [0.5, 0.6) is 0 Å². The molecule has 0 amide bonds. The molecule has 0 N–H and O–H groups in total. The summed E-state index contributed by atoms with van der Waals surface area (Å²) in [6.07, 6.45) is 15.2. The van der Waals surface area contributed by atoms with Gasteiger partial charge >= 0.3 is 0 Å². The predicted molar refractivity (Wildman–Crippen MR) is 261 cm³/mol. The molecular formula is C53H65N7S. The van der Waals surface area contributed by atoms with Gasteiger partial charge in [0, 0.05) is 70.6 Å². The number of nitrogens with zero attached hydrogens (tertiary/aromatic N) is 7. The van der Waals surface area contributed by atoms with Crippen LogP contribution < -0.4 is 0 Å². The van der Waals surface area contributed by atoms with Gasteiger partial charge < -0.3 is 8.97 Å². The zero-order valence-electron chi connectivity index (χ0n) is 38.5. The molecule has 0 saturated heterocycles. The molecule has 9 aromatic rings. The van der Waals surface area contributed by atoms with Crippen molar-refractivity contribution in [2.24, 2.45) is 0 Å². The van der Waals surface area contributed by atoms with Crippen molar-refractivity contribution >= 4 is 49.0 Å². The number of thiophene rings is 1. The second kappa shape index (κ2) is 20.2. The highest BCUT2D eigenvalue weighted by molar-refractivity contribution is 7.17. The first-order chi connectivity index (χ1) is 28.9. The molecule has 7 aromatic heterocycles. The number of hydrogen-bond donors (Lipinski definition) is 0. The van der Waals surface area contributed by atoms with Crippen LogP contribution in [-0.4, -0.2) is 33.9 Å². The van der Waals surface area contributed by atoms with E-state index in [1.807, 2.05) is 78.8 Å². The maximum atomic E-state index is 4.35. The quantitative estimate of drug-likeness (QED) is 0.173.